The Hall–Kier alpha value is -0.770. The zero-order chi connectivity index (χ0) is 14.9. The predicted octanol–water partition coefficient (Wildman–Crippen LogP) is 2.98. The maximum Gasteiger partial charge on any atom is 0.0639 e. The van der Waals surface area contributed by atoms with Crippen molar-refractivity contribution in [2.75, 3.05) is 37.6 Å². The average molecular weight is 308 g/mol. The standard InChI is InChI=1S/C17H26ClN3/c1-17(8-4-7-16(17)19)13-20-9-11-21(12-10-20)15-6-3-2-5-14(15)18/h2-3,5-6,16H,4,7-13,19H2,1H3. The molecule has 21 heavy (non-hydrogen) atoms. The second-order valence-corrected chi connectivity index (χ2v) is 7.27. The molecule has 2 unspecified atom stereocenters. The van der Waals surface area contributed by atoms with Gasteiger partial charge in [-0.1, -0.05) is 37.1 Å². The fourth-order valence-corrected chi connectivity index (χ4v) is 4.08. The van der Waals surface area contributed by atoms with E-state index >= 15 is 0 Å². The van der Waals surface area contributed by atoms with Crippen molar-refractivity contribution in [2.24, 2.45) is 11.1 Å². The summed E-state index contributed by atoms with van der Waals surface area (Å²) in [6.07, 6.45) is 3.76. The number of hydrogen-bond acceptors (Lipinski definition) is 3. The number of piperazine rings is 1. The lowest BCUT2D eigenvalue weighted by Gasteiger charge is -2.41. The molecule has 2 atom stereocenters. The van der Waals surface area contributed by atoms with Gasteiger partial charge in [-0.2, -0.15) is 0 Å². The molecule has 1 heterocycles. The molecule has 0 amide bonds. The van der Waals surface area contributed by atoms with Crippen LogP contribution in [0.2, 0.25) is 5.02 Å². The Morgan fingerprint density at radius 2 is 1.95 bits per heavy atom. The van der Waals surface area contributed by atoms with Crippen LogP contribution in [-0.4, -0.2) is 43.7 Å². The number of halogens is 1. The molecule has 1 saturated carbocycles. The third kappa shape index (κ3) is 3.20. The van der Waals surface area contributed by atoms with Gasteiger partial charge in [0.05, 0.1) is 10.7 Å². The van der Waals surface area contributed by atoms with Crippen LogP contribution >= 0.6 is 11.6 Å². The molecule has 2 aliphatic rings. The first-order valence-corrected chi connectivity index (χ1v) is 8.44. The van der Waals surface area contributed by atoms with E-state index in [9.17, 15) is 0 Å². The minimum atomic E-state index is 0.312. The summed E-state index contributed by atoms with van der Waals surface area (Å²) in [6.45, 7) is 7.82. The highest BCUT2D eigenvalue weighted by atomic mass is 35.5. The smallest absolute Gasteiger partial charge is 0.0639 e. The van der Waals surface area contributed by atoms with Crippen molar-refractivity contribution >= 4 is 17.3 Å². The SMILES string of the molecule is CC1(CN2CCN(c3ccccc3Cl)CC2)CCCC1N. The van der Waals surface area contributed by atoms with E-state index in [-0.39, 0.29) is 0 Å². The first-order valence-electron chi connectivity index (χ1n) is 8.06. The number of benzene rings is 1. The summed E-state index contributed by atoms with van der Waals surface area (Å²) in [7, 11) is 0. The Bertz CT molecular complexity index is 485. The third-order valence-electron chi connectivity index (χ3n) is 5.31. The van der Waals surface area contributed by atoms with E-state index in [2.05, 4.69) is 28.9 Å². The van der Waals surface area contributed by atoms with Crippen LogP contribution < -0.4 is 10.6 Å². The maximum absolute atomic E-state index is 6.31. The summed E-state index contributed by atoms with van der Waals surface area (Å²) in [6, 6.07) is 8.52. The van der Waals surface area contributed by atoms with Gasteiger partial charge >= 0.3 is 0 Å². The van der Waals surface area contributed by atoms with Gasteiger partial charge in [-0.05, 0) is 30.4 Å². The number of anilines is 1. The number of nitrogens with two attached hydrogens (primary N) is 1. The van der Waals surface area contributed by atoms with E-state index in [1.165, 1.54) is 24.9 Å². The topological polar surface area (TPSA) is 32.5 Å². The van der Waals surface area contributed by atoms with Crippen LogP contribution in [0.15, 0.2) is 24.3 Å². The van der Waals surface area contributed by atoms with E-state index in [0.29, 0.717) is 11.5 Å². The Morgan fingerprint density at radius 1 is 1.24 bits per heavy atom. The van der Waals surface area contributed by atoms with E-state index in [1.54, 1.807) is 0 Å². The molecule has 0 bridgehead atoms. The minimum Gasteiger partial charge on any atom is -0.368 e. The van der Waals surface area contributed by atoms with Crippen molar-refractivity contribution in [3.05, 3.63) is 29.3 Å². The molecule has 1 aliphatic carbocycles. The number of para-hydroxylation sites is 1. The van der Waals surface area contributed by atoms with Crippen molar-refractivity contribution in [3.63, 3.8) is 0 Å². The van der Waals surface area contributed by atoms with Gasteiger partial charge in [-0.3, -0.25) is 4.90 Å². The largest absolute Gasteiger partial charge is 0.368 e. The van der Waals surface area contributed by atoms with Gasteiger partial charge in [0.25, 0.3) is 0 Å². The lowest BCUT2D eigenvalue weighted by molar-refractivity contribution is 0.146. The van der Waals surface area contributed by atoms with Gasteiger partial charge in [0.15, 0.2) is 0 Å². The minimum absolute atomic E-state index is 0.312. The van der Waals surface area contributed by atoms with Gasteiger partial charge < -0.3 is 10.6 Å². The van der Waals surface area contributed by atoms with Crippen molar-refractivity contribution in [1.82, 2.24) is 4.90 Å². The van der Waals surface area contributed by atoms with E-state index < -0.39 is 0 Å². The molecule has 1 aromatic rings. The molecule has 3 nitrogen and oxygen atoms in total. The van der Waals surface area contributed by atoms with Gasteiger partial charge in [-0.25, -0.2) is 0 Å². The molecular weight excluding hydrogens is 282 g/mol. The summed E-state index contributed by atoms with van der Waals surface area (Å²) < 4.78 is 0. The van der Waals surface area contributed by atoms with Gasteiger partial charge in [0.1, 0.15) is 0 Å². The molecule has 2 fully saturated rings. The monoisotopic (exact) mass is 307 g/mol. The fraction of sp³-hybridized carbons (Fsp3) is 0.647. The van der Waals surface area contributed by atoms with Crippen LogP contribution in [-0.2, 0) is 0 Å². The van der Waals surface area contributed by atoms with E-state index in [0.717, 1.165) is 37.7 Å². The Kier molecular flexibility index (Phi) is 4.43. The Morgan fingerprint density at radius 3 is 2.57 bits per heavy atom. The molecule has 0 spiro atoms. The molecule has 0 radical (unpaired) electrons. The molecule has 4 heteroatoms. The van der Waals surface area contributed by atoms with Crippen LogP contribution in [0.3, 0.4) is 0 Å². The van der Waals surface area contributed by atoms with Crippen LogP contribution in [0.5, 0.6) is 0 Å². The molecule has 2 N–H and O–H groups in total. The number of nitrogens with zero attached hydrogens (tertiary/aromatic N) is 2. The second kappa shape index (κ2) is 6.15. The molecule has 116 valence electrons. The fourth-order valence-electron chi connectivity index (χ4n) is 3.82. The van der Waals surface area contributed by atoms with Gasteiger partial charge in [0.2, 0.25) is 0 Å². The lowest BCUT2D eigenvalue weighted by Crippen LogP contribution is -2.52. The molecule has 3 rings (SSSR count). The Balaban J connectivity index is 1.57. The van der Waals surface area contributed by atoms with Crippen LogP contribution in [0.4, 0.5) is 5.69 Å². The first kappa shape index (κ1) is 15.1. The highest BCUT2D eigenvalue weighted by Gasteiger charge is 2.38. The number of hydrogen-bond donors (Lipinski definition) is 1. The van der Waals surface area contributed by atoms with E-state index in [4.69, 9.17) is 17.3 Å². The first-order chi connectivity index (χ1) is 10.1. The molecule has 0 aromatic heterocycles. The zero-order valence-electron chi connectivity index (χ0n) is 12.9. The highest BCUT2D eigenvalue weighted by molar-refractivity contribution is 6.33. The summed E-state index contributed by atoms with van der Waals surface area (Å²) in [5.41, 5.74) is 7.80. The predicted molar refractivity (Wildman–Crippen MR) is 90.0 cm³/mol. The highest BCUT2D eigenvalue weighted by Crippen LogP contribution is 2.37. The zero-order valence-corrected chi connectivity index (χ0v) is 13.6. The molecular formula is C17H26ClN3. The van der Waals surface area contributed by atoms with Gasteiger partial charge in [-0.15, -0.1) is 0 Å². The molecule has 1 aromatic carbocycles. The maximum atomic E-state index is 6.31. The summed E-state index contributed by atoms with van der Waals surface area (Å²) in [5.74, 6) is 0. The summed E-state index contributed by atoms with van der Waals surface area (Å²) in [5, 5.41) is 0.857. The van der Waals surface area contributed by atoms with Crippen molar-refractivity contribution in [3.8, 4) is 0 Å². The normalized spacial score (nSPS) is 30.8. The van der Waals surface area contributed by atoms with E-state index in [1.807, 2.05) is 12.1 Å². The summed E-state index contributed by atoms with van der Waals surface area (Å²) in [4.78, 5) is 4.98. The number of rotatable bonds is 3. The van der Waals surface area contributed by atoms with Crippen molar-refractivity contribution in [2.45, 2.75) is 32.2 Å². The van der Waals surface area contributed by atoms with Crippen molar-refractivity contribution < 1.29 is 0 Å². The Labute approximate surface area is 133 Å². The van der Waals surface area contributed by atoms with Gasteiger partial charge in [0, 0.05) is 38.8 Å². The van der Waals surface area contributed by atoms with Crippen LogP contribution in [0, 0.1) is 5.41 Å². The third-order valence-corrected chi connectivity index (χ3v) is 5.63. The molecule has 1 saturated heterocycles. The quantitative estimate of drug-likeness (QED) is 0.932. The lowest BCUT2D eigenvalue weighted by atomic mass is 9.84. The summed E-state index contributed by atoms with van der Waals surface area (Å²) >= 11 is 6.30. The van der Waals surface area contributed by atoms with Crippen molar-refractivity contribution in [1.29, 1.82) is 0 Å². The second-order valence-electron chi connectivity index (χ2n) is 6.87. The van der Waals surface area contributed by atoms with Crippen LogP contribution in [0.25, 0.3) is 0 Å². The van der Waals surface area contributed by atoms with Crippen LogP contribution in [0.1, 0.15) is 26.2 Å². The molecule has 1 aliphatic heterocycles. The average Bonchev–Trinajstić information content (AvgIpc) is 2.80.